The van der Waals surface area contributed by atoms with Gasteiger partial charge in [-0.1, -0.05) is 6.58 Å². The fourth-order valence-corrected chi connectivity index (χ4v) is 0.159. The lowest BCUT2D eigenvalue weighted by Crippen LogP contribution is -1.88. The van der Waals surface area contributed by atoms with Crippen LogP contribution in [0.25, 0.3) is 0 Å². The van der Waals surface area contributed by atoms with Crippen LogP contribution in [0, 0.1) is 0 Å². The van der Waals surface area contributed by atoms with Crippen LogP contribution in [-0.4, -0.2) is 11.1 Å². The maximum absolute atomic E-state index is 9.66. The van der Waals surface area contributed by atoms with E-state index in [1.807, 2.05) is 0 Å². The summed E-state index contributed by atoms with van der Waals surface area (Å²) in [5.41, 5.74) is 2.34. The Kier molecular flexibility index (Phi) is 2.73. The largest absolute Gasteiger partial charge is 0.481 e. The summed E-state index contributed by atoms with van der Waals surface area (Å²) in [6, 6.07) is 0. The summed E-state index contributed by atoms with van der Waals surface area (Å²) in [5, 5.41) is 7.95. The van der Waals surface area contributed by atoms with Gasteiger partial charge in [-0.05, 0) is 6.08 Å². The number of hydrogen-bond acceptors (Lipinski definition) is 1. The number of carboxylic acid groups (broad SMARTS) is 1. The van der Waals surface area contributed by atoms with Gasteiger partial charge in [0.15, 0.2) is 0 Å². The molecule has 0 aromatic carbocycles. The van der Waals surface area contributed by atoms with Crippen molar-refractivity contribution in [2.45, 2.75) is 6.42 Å². The van der Waals surface area contributed by atoms with Gasteiger partial charge in [0, 0.05) is 0 Å². The third kappa shape index (κ3) is 4.99. The monoisotopic (exact) mass is 98.0 g/mol. The predicted octanol–water partition coefficient (Wildman–Crippen LogP) is 0.802. The van der Waals surface area contributed by atoms with Crippen LogP contribution in [0.1, 0.15) is 6.42 Å². The molecule has 0 aromatic rings. The summed E-state index contributed by atoms with van der Waals surface area (Å²) in [7, 11) is 0. The van der Waals surface area contributed by atoms with Gasteiger partial charge in [0.1, 0.15) is 0 Å². The number of aliphatic carboxylic acids is 1. The number of carbonyl (C=O) groups is 1. The van der Waals surface area contributed by atoms with Crippen LogP contribution in [0.5, 0.6) is 0 Å². The average molecular weight is 98.1 g/mol. The highest BCUT2D eigenvalue weighted by Crippen LogP contribution is 1.76. The first-order valence-electron chi connectivity index (χ1n) is 1.83. The van der Waals surface area contributed by atoms with Gasteiger partial charge in [-0.3, -0.25) is 4.79 Å². The lowest BCUT2D eigenvalue weighted by molar-refractivity contribution is -0.135. The highest BCUT2D eigenvalue weighted by molar-refractivity contribution is 5.68. The molecule has 2 nitrogen and oxygen atoms in total. The van der Waals surface area contributed by atoms with Crippen molar-refractivity contribution >= 4 is 5.97 Å². The second-order valence-corrected chi connectivity index (χ2v) is 1.01. The van der Waals surface area contributed by atoms with Crippen LogP contribution in [-0.2, 0) is 4.79 Å². The molecule has 0 unspecified atom stereocenters. The Morgan fingerprint density at radius 2 is 2.57 bits per heavy atom. The van der Waals surface area contributed by atoms with Gasteiger partial charge >= 0.3 is 5.97 Å². The lowest BCUT2D eigenvalue weighted by atomic mass is 10.4. The SMILES string of the molecule is C=C=CCC(=O)O. The number of carboxylic acids is 1. The lowest BCUT2D eigenvalue weighted by Gasteiger charge is -1.75. The van der Waals surface area contributed by atoms with Crippen LogP contribution in [0.3, 0.4) is 0 Å². The minimum absolute atomic E-state index is 0.0174. The third-order valence-electron chi connectivity index (χ3n) is 0.421. The molecule has 0 spiro atoms. The Balaban J connectivity index is 3.32. The molecule has 0 saturated carbocycles. The fourth-order valence-electron chi connectivity index (χ4n) is 0.159. The van der Waals surface area contributed by atoms with Crippen molar-refractivity contribution in [3.05, 3.63) is 18.4 Å². The molecule has 0 amide bonds. The predicted molar refractivity (Wildman–Crippen MR) is 26.0 cm³/mol. The molecule has 0 aliphatic heterocycles. The zero-order valence-corrected chi connectivity index (χ0v) is 3.85. The molecule has 0 aromatic heterocycles. The first kappa shape index (κ1) is 5.99. The molecule has 2 heteroatoms. The van der Waals surface area contributed by atoms with E-state index in [1.165, 1.54) is 6.08 Å². The Morgan fingerprint density at radius 3 is 2.71 bits per heavy atom. The van der Waals surface area contributed by atoms with Gasteiger partial charge in [-0.15, -0.1) is 5.73 Å². The van der Waals surface area contributed by atoms with Gasteiger partial charge in [0.2, 0.25) is 0 Å². The first-order valence-corrected chi connectivity index (χ1v) is 1.83. The molecule has 0 saturated heterocycles. The van der Waals surface area contributed by atoms with Gasteiger partial charge < -0.3 is 5.11 Å². The maximum atomic E-state index is 9.66. The van der Waals surface area contributed by atoms with Crippen LogP contribution < -0.4 is 0 Å². The standard InChI is InChI=1S/C5H6O2/c1-2-3-4-5(6)7/h3H,1,4H2,(H,6,7). The minimum atomic E-state index is -0.851. The molecule has 1 N–H and O–H groups in total. The quantitative estimate of drug-likeness (QED) is 0.519. The highest BCUT2D eigenvalue weighted by atomic mass is 16.4. The molecule has 0 aliphatic rings. The third-order valence-corrected chi connectivity index (χ3v) is 0.421. The molecule has 0 heterocycles. The highest BCUT2D eigenvalue weighted by Gasteiger charge is 1.85. The van der Waals surface area contributed by atoms with E-state index >= 15 is 0 Å². The molecule has 0 bridgehead atoms. The van der Waals surface area contributed by atoms with Crippen LogP contribution in [0.15, 0.2) is 18.4 Å². The van der Waals surface area contributed by atoms with Crippen molar-refractivity contribution in [2.24, 2.45) is 0 Å². The van der Waals surface area contributed by atoms with Gasteiger partial charge in [0.05, 0.1) is 6.42 Å². The maximum Gasteiger partial charge on any atom is 0.307 e. The van der Waals surface area contributed by atoms with Gasteiger partial charge in [-0.25, -0.2) is 0 Å². The molecular weight excluding hydrogens is 92.1 g/mol. The second kappa shape index (κ2) is 3.19. The normalized spacial score (nSPS) is 6.86. The van der Waals surface area contributed by atoms with Crippen molar-refractivity contribution in [3.63, 3.8) is 0 Å². The number of rotatable bonds is 2. The second-order valence-electron chi connectivity index (χ2n) is 1.01. The van der Waals surface area contributed by atoms with E-state index in [0.717, 1.165) is 0 Å². The van der Waals surface area contributed by atoms with E-state index in [4.69, 9.17) is 5.11 Å². The fraction of sp³-hybridized carbons (Fsp3) is 0.200. The summed E-state index contributed by atoms with van der Waals surface area (Å²) < 4.78 is 0. The van der Waals surface area contributed by atoms with Crippen molar-refractivity contribution in [2.75, 3.05) is 0 Å². The van der Waals surface area contributed by atoms with E-state index in [2.05, 4.69) is 12.3 Å². The topological polar surface area (TPSA) is 37.3 Å². The first-order chi connectivity index (χ1) is 3.27. The van der Waals surface area contributed by atoms with E-state index < -0.39 is 5.97 Å². The summed E-state index contributed by atoms with van der Waals surface area (Å²) in [5.74, 6) is -0.851. The zero-order valence-electron chi connectivity index (χ0n) is 3.85. The molecule has 0 atom stereocenters. The van der Waals surface area contributed by atoms with Gasteiger partial charge in [-0.2, -0.15) is 0 Å². The molecule has 0 aliphatic carbocycles. The summed E-state index contributed by atoms with van der Waals surface area (Å²) in [6.45, 7) is 3.19. The Bertz CT molecular complexity index is 109. The van der Waals surface area contributed by atoms with E-state index in [1.54, 1.807) is 0 Å². The molecule has 0 rings (SSSR count). The molecule has 7 heavy (non-hydrogen) atoms. The van der Waals surface area contributed by atoms with Crippen LogP contribution >= 0.6 is 0 Å². The minimum Gasteiger partial charge on any atom is -0.481 e. The van der Waals surface area contributed by atoms with Crippen molar-refractivity contribution < 1.29 is 9.90 Å². The van der Waals surface area contributed by atoms with E-state index in [0.29, 0.717) is 0 Å². The van der Waals surface area contributed by atoms with E-state index in [-0.39, 0.29) is 6.42 Å². The van der Waals surface area contributed by atoms with E-state index in [9.17, 15) is 4.79 Å². The number of hydrogen-bond donors (Lipinski definition) is 1. The summed E-state index contributed by atoms with van der Waals surface area (Å²) in [6.07, 6.45) is 1.38. The Labute approximate surface area is 41.8 Å². The van der Waals surface area contributed by atoms with Crippen molar-refractivity contribution in [3.8, 4) is 0 Å². The van der Waals surface area contributed by atoms with Crippen molar-refractivity contribution in [1.82, 2.24) is 0 Å². The zero-order chi connectivity index (χ0) is 5.70. The average Bonchev–Trinajstić information content (AvgIpc) is 1.61. The molecule has 0 fully saturated rings. The molecule has 0 radical (unpaired) electrons. The van der Waals surface area contributed by atoms with Crippen molar-refractivity contribution in [1.29, 1.82) is 0 Å². The molecule has 38 valence electrons. The Morgan fingerprint density at radius 1 is 2.00 bits per heavy atom. The van der Waals surface area contributed by atoms with Gasteiger partial charge in [0.25, 0.3) is 0 Å². The Hall–Kier alpha value is -1.01. The van der Waals surface area contributed by atoms with Crippen LogP contribution in [0.2, 0.25) is 0 Å². The summed E-state index contributed by atoms with van der Waals surface area (Å²) >= 11 is 0. The molecular formula is C5H6O2. The smallest absolute Gasteiger partial charge is 0.307 e. The van der Waals surface area contributed by atoms with Crippen LogP contribution in [0.4, 0.5) is 0 Å². The summed E-state index contributed by atoms with van der Waals surface area (Å²) in [4.78, 5) is 9.66.